The van der Waals surface area contributed by atoms with Gasteiger partial charge in [-0.1, -0.05) is 36.7 Å². The summed E-state index contributed by atoms with van der Waals surface area (Å²) in [5, 5.41) is 0.772. The number of nitrogens with two attached hydrogens (primary N) is 1. The van der Waals surface area contributed by atoms with Crippen molar-refractivity contribution in [3.63, 3.8) is 0 Å². The number of benzene rings is 1. The fourth-order valence-electron chi connectivity index (χ4n) is 1.24. The van der Waals surface area contributed by atoms with Crippen LogP contribution < -0.4 is 5.73 Å². The maximum absolute atomic E-state index is 5.89. The number of hydrogen-bond acceptors (Lipinski definition) is 1. The van der Waals surface area contributed by atoms with Gasteiger partial charge in [-0.2, -0.15) is 0 Å². The highest BCUT2D eigenvalue weighted by atomic mass is 35.5. The molecule has 0 aliphatic carbocycles. The Balaban J connectivity index is 3.01. The summed E-state index contributed by atoms with van der Waals surface area (Å²) >= 11 is 5.89. The van der Waals surface area contributed by atoms with Crippen molar-refractivity contribution in [3.05, 3.63) is 40.4 Å². The van der Waals surface area contributed by atoms with E-state index in [1.54, 1.807) is 0 Å². The van der Waals surface area contributed by atoms with Gasteiger partial charge in [0, 0.05) is 11.6 Å². The quantitative estimate of drug-likeness (QED) is 0.789. The maximum Gasteiger partial charge on any atom is 0.0412 e. The molecule has 0 saturated carbocycles. The van der Waals surface area contributed by atoms with Crippen LogP contribution >= 0.6 is 11.6 Å². The molecular formula is C11H14ClN. The standard InChI is InChI=1S/C11H14ClN/c1-2-9-5-6-11(12)8-10(9)4-3-7-13/h3-6,8H,2,7,13H2,1H3/b4-3+. The molecule has 1 aromatic carbocycles. The summed E-state index contributed by atoms with van der Waals surface area (Å²) in [6.45, 7) is 2.69. The van der Waals surface area contributed by atoms with Gasteiger partial charge in [0.05, 0.1) is 0 Å². The van der Waals surface area contributed by atoms with Gasteiger partial charge in [0.2, 0.25) is 0 Å². The molecule has 0 unspecified atom stereocenters. The lowest BCUT2D eigenvalue weighted by molar-refractivity contribution is 1.13. The fourth-order valence-corrected chi connectivity index (χ4v) is 1.42. The molecule has 0 fully saturated rings. The highest BCUT2D eigenvalue weighted by Crippen LogP contribution is 2.17. The van der Waals surface area contributed by atoms with E-state index in [1.165, 1.54) is 11.1 Å². The second-order valence-corrected chi connectivity index (χ2v) is 3.27. The predicted molar refractivity (Wildman–Crippen MR) is 58.9 cm³/mol. The summed E-state index contributed by atoms with van der Waals surface area (Å²) in [5.41, 5.74) is 7.85. The molecule has 0 heterocycles. The molecule has 0 aliphatic rings. The van der Waals surface area contributed by atoms with E-state index in [2.05, 4.69) is 13.0 Å². The topological polar surface area (TPSA) is 26.0 Å². The second-order valence-electron chi connectivity index (χ2n) is 2.83. The van der Waals surface area contributed by atoms with E-state index >= 15 is 0 Å². The van der Waals surface area contributed by atoms with Crippen LogP contribution in [0.5, 0.6) is 0 Å². The summed E-state index contributed by atoms with van der Waals surface area (Å²) in [6, 6.07) is 5.94. The van der Waals surface area contributed by atoms with Crippen LogP contribution in [0.15, 0.2) is 24.3 Å². The highest BCUT2D eigenvalue weighted by molar-refractivity contribution is 6.30. The van der Waals surface area contributed by atoms with E-state index in [0.29, 0.717) is 6.54 Å². The normalized spacial score (nSPS) is 11.0. The van der Waals surface area contributed by atoms with Gasteiger partial charge in [-0.05, 0) is 29.7 Å². The first-order valence-electron chi connectivity index (χ1n) is 4.43. The van der Waals surface area contributed by atoms with Crippen molar-refractivity contribution in [2.75, 3.05) is 6.54 Å². The molecule has 70 valence electrons. The third kappa shape index (κ3) is 2.87. The summed E-state index contributed by atoms with van der Waals surface area (Å²) in [4.78, 5) is 0. The molecule has 0 aliphatic heterocycles. The van der Waals surface area contributed by atoms with Crippen molar-refractivity contribution in [3.8, 4) is 0 Å². The maximum atomic E-state index is 5.89. The van der Waals surface area contributed by atoms with Crippen LogP contribution in [0.4, 0.5) is 0 Å². The molecule has 0 aromatic heterocycles. The minimum Gasteiger partial charge on any atom is -0.327 e. The molecule has 0 spiro atoms. The Morgan fingerprint density at radius 3 is 2.85 bits per heavy atom. The van der Waals surface area contributed by atoms with E-state index in [4.69, 9.17) is 17.3 Å². The van der Waals surface area contributed by atoms with Crippen molar-refractivity contribution in [1.82, 2.24) is 0 Å². The fraction of sp³-hybridized carbons (Fsp3) is 0.273. The minimum atomic E-state index is 0.565. The van der Waals surface area contributed by atoms with Gasteiger partial charge in [0.1, 0.15) is 0 Å². The van der Waals surface area contributed by atoms with E-state index < -0.39 is 0 Å². The van der Waals surface area contributed by atoms with Crippen molar-refractivity contribution in [1.29, 1.82) is 0 Å². The van der Waals surface area contributed by atoms with Gasteiger partial charge < -0.3 is 5.73 Å². The van der Waals surface area contributed by atoms with E-state index in [1.807, 2.05) is 24.3 Å². The van der Waals surface area contributed by atoms with Crippen LogP contribution in [0.3, 0.4) is 0 Å². The van der Waals surface area contributed by atoms with Gasteiger partial charge in [-0.15, -0.1) is 0 Å². The molecule has 1 aromatic rings. The molecule has 2 N–H and O–H groups in total. The van der Waals surface area contributed by atoms with E-state index in [9.17, 15) is 0 Å². The first-order chi connectivity index (χ1) is 6.27. The van der Waals surface area contributed by atoms with Crippen LogP contribution in [0.1, 0.15) is 18.1 Å². The van der Waals surface area contributed by atoms with Crippen LogP contribution in [0.2, 0.25) is 5.02 Å². The van der Waals surface area contributed by atoms with Gasteiger partial charge in [0.25, 0.3) is 0 Å². The van der Waals surface area contributed by atoms with Crippen LogP contribution in [0.25, 0.3) is 6.08 Å². The van der Waals surface area contributed by atoms with Crippen LogP contribution in [0, 0.1) is 0 Å². The van der Waals surface area contributed by atoms with Crippen molar-refractivity contribution < 1.29 is 0 Å². The highest BCUT2D eigenvalue weighted by Gasteiger charge is 1.97. The largest absolute Gasteiger partial charge is 0.327 e. The molecule has 0 amide bonds. The van der Waals surface area contributed by atoms with Gasteiger partial charge >= 0.3 is 0 Å². The summed E-state index contributed by atoms with van der Waals surface area (Å²) < 4.78 is 0. The van der Waals surface area contributed by atoms with Crippen molar-refractivity contribution in [2.45, 2.75) is 13.3 Å². The Morgan fingerprint density at radius 2 is 2.23 bits per heavy atom. The Kier molecular flexibility index (Phi) is 4.00. The molecule has 2 heteroatoms. The average Bonchev–Trinajstić information content (AvgIpc) is 2.15. The number of halogens is 1. The first kappa shape index (κ1) is 10.3. The molecule has 0 saturated heterocycles. The van der Waals surface area contributed by atoms with Crippen LogP contribution in [-0.2, 0) is 6.42 Å². The lowest BCUT2D eigenvalue weighted by atomic mass is 10.1. The van der Waals surface area contributed by atoms with E-state index in [0.717, 1.165) is 11.4 Å². The third-order valence-electron chi connectivity index (χ3n) is 1.92. The second kappa shape index (κ2) is 5.05. The lowest BCUT2D eigenvalue weighted by Gasteiger charge is -2.03. The molecule has 1 rings (SSSR count). The Bertz CT molecular complexity index is 305. The van der Waals surface area contributed by atoms with Gasteiger partial charge in [0.15, 0.2) is 0 Å². The minimum absolute atomic E-state index is 0.565. The predicted octanol–water partition coefficient (Wildman–Crippen LogP) is 2.87. The Labute approximate surface area is 84.2 Å². The zero-order valence-corrected chi connectivity index (χ0v) is 8.51. The van der Waals surface area contributed by atoms with Crippen LogP contribution in [-0.4, -0.2) is 6.54 Å². The zero-order chi connectivity index (χ0) is 9.68. The Morgan fingerprint density at radius 1 is 1.46 bits per heavy atom. The first-order valence-corrected chi connectivity index (χ1v) is 4.80. The summed E-state index contributed by atoms with van der Waals surface area (Å²) in [6.07, 6.45) is 4.97. The number of aryl methyl sites for hydroxylation is 1. The number of hydrogen-bond donors (Lipinski definition) is 1. The lowest BCUT2D eigenvalue weighted by Crippen LogP contribution is -1.93. The summed E-state index contributed by atoms with van der Waals surface area (Å²) in [5.74, 6) is 0. The molecule has 0 atom stereocenters. The number of rotatable bonds is 3. The summed E-state index contributed by atoms with van der Waals surface area (Å²) in [7, 11) is 0. The molecular weight excluding hydrogens is 182 g/mol. The van der Waals surface area contributed by atoms with Crippen molar-refractivity contribution in [2.24, 2.45) is 5.73 Å². The monoisotopic (exact) mass is 195 g/mol. The van der Waals surface area contributed by atoms with Gasteiger partial charge in [-0.3, -0.25) is 0 Å². The molecule has 1 nitrogen and oxygen atoms in total. The zero-order valence-electron chi connectivity index (χ0n) is 7.76. The van der Waals surface area contributed by atoms with Crippen molar-refractivity contribution >= 4 is 17.7 Å². The third-order valence-corrected chi connectivity index (χ3v) is 2.16. The molecule has 0 radical (unpaired) electrons. The smallest absolute Gasteiger partial charge is 0.0412 e. The van der Waals surface area contributed by atoms with Gasteiger partial charge in [-0.25, -0.2) is 0 Å². The Hall–Kier alpha value is -0.790. The molecule has 13 heavy (non-hydrogen) atoms. The average molecular weight is 196 g/mol. The van der Waals surface area contributed by atoms with E-state index in [-0.39, 0.29) is 0 Å². The SMILES string of the molecule is CCc1ccc(Cl)cc1/C=C/CN. The molecule has 0 bridgehead atoms.